The van der Waals surface area contributed by atoms with Crippen molar-refractivity contribution in [3.05, 3.63) is 41.0 Å². The Kier molecular flexibility index (Phi) is 3.54. The molecule has 0 aliphatic heterocycles. The van der Waals surface area contributed by atoms with Gasteiger partial charge in [-0.2, -0.15) is 5.10 Å². The van der Waals surface area contributed by atoms with E-state index >= 15 is 0 Å². The molecular formula is C12H14ClN3O. The molecule has 0 amide bonds. The summed E-state index contributed by atoms with van der Waals surface area (Å²) < 4.78 is 1.83. The van der Waals surface area contributed by atoms with E-state index in [0.717, 1.165) is 17.9 Å². The van der Waals surface area contributed by atoms with Crippen molar-refractivity contribution in [1.29, 1.82) is 0 Å². The lowest BCUT2D eigenvalue weighted by molar-refractivity contribution is 0.469. The zero-order valence-corrected chi connectivity index (χ0v) is 10.3. The summed E-state index contributed by atoms with van der Waals surface area (Å²) in [6.45, 7) is 3.36. The molecule has 0 fully saturated rings. The van der Waals surface area contributed by atoms with Crippen LogP contribution in [0, 0.1) is 0 Å². The largest absolute Gasteiger partial charge is 0.508 e. The summed E-state index contributed by atoms with van der Waals surface area (Å²) in [4.78, 5) is 0. The molecule has 0 saturated heterocycles. The number of rotatable bonds is 4. The zero-order valence-electron chi connectivity index (χ0n) is 9.52. The molecule has 0 spiro atoms. The molecule has 4 nitrogen and oxygen atoms in total. The fourth-order valence-corrected chi connectivity index (χ4v) is 1.71. The molecule has 0 radical (unpaired) electrons. The van der Waals surface area contributed by atoms with Gasteiger partial charge in [0.2, 0.25) is 0 Å². The van der Waals surface area contributed by atoms with Crippen LogP contribution in [0.5, 0.6) is 5.75 Å². The Hall–Kier alpha value is -1.68. The highest BCUT2D eigenvalue weighted by Crippen LogP contribution is 2.22. The van der Waals surface area contributed by atoms with Crippen molar-refractivity contribution in [2.75, 3.05) is 5.32 Å². The summed E-state index contributed by atoms with van der Waals surface area (Å²) in [5.74, 6) is 1.02. The van der Waals surface area contributed by atoms with Gasteiger partial charge in [-0.15, -0.1) is 0 Å². The Morgan fingerprint density at radius 1 is 1.41 bits per heavy atom. The van der Waals surface area contributed by atoms with E-state index in [0.29, 0.717) is 11.6 Å². The lowest BCUT2D eigenvalue weighted by Crippen LogP contribution is -2.02. The van der Waals surface area contributed by atoms with Crippen molar-refractivity contribution in [1.82, 2.24) is 9.78 Å². The molecule has 0 aliphatic rings. The van der Waals surface area contributed by atoms with Gasteiger partial charge in [-0.25, -0.2) is 0 Å². The number of hydrogen-bond acceptors (Lipinski definition) is 3. The van der Waals surface area contributed by atoms with E-state index in [1.807, 2.05) is 23.9 Å². The Bertz CT molecular complexity index is 510. The highest BCUT2D eigenvalue weighted by Gasteiger charge is 2.03. The highest BCUT2D eigenvalue weighted by atomic mass is 35.5. The minimum atomic E-state index is 0.233. The van der Waals surface area contributed by atoms with Crippen molar-refractivity contribution in [3.8, 4) is 5.75 Å². The van der Waals surface area contributed by atoms with Crippen LogP contribution in [0.2, 0.25) is 5.02 Å². The first-order chi connectivity index (χ1) is 8.19. The predicted octanol–water partition coefficient (Wildman–Crippen LogP) is 2.87. The second-order valence-corrected chi connectivity index (χ2v) is 4.12. The van der Waals surface area contributed by atoms with Crippen LogP contribution in [-0.4, -0.2) is 14.9 Å². The van der Waals surface area contributed by atoms with E-state index < -0.39 is 0 Å². The second-order valence-electron chi connectivity index (χ2n) is 3.68. The molecular weight excluding hydrogens is 238 g/mol. The number of anilines is 1. The quantitative estimate of drug-likeness (QED) is 0.879. The molecule has 0 bridgehead atoms. The van der Waals surface area contributed by atoms with Crippen LogP contribution < -0.4 is 5.32 Å². The smallest absolute Gasteiger partial charge is 0.148 e. The third-order valence-corrected chi connectivity index (χ3v) is 2.70. The molecule has 0 atom stereocenters. The van der Waals surface area contributed by atoms with Crippen LogP contribution in [0.15, 0.2) is 30.5 Å². The van der Waals surface area contributed by atoms with Gasteiger partial charge in [-0.05, 0) is 25.1 Å². The third-order valence-electron chi connectivity index (χ3n) is 2.47. The Balaban J connectivity index is 2.04. The lowest BCUT2D eigenvalue weighted by Gasteiger charge is -2.06. The average Bonchev–Trinajstić information content (AvgIpc) is 2.78. The number of aryl methyl sites for hydroxylation is 1. The van der Waals surface area contributed by atoms with E-state index in [2.05, 4.69) is 10.4 Å². The van der Waals surface area contributed by atoms with Gasteiger partial charge >= 0.3 is 0 Å². The first kappa shape index (κ1) is 11.8. The molecule has 1 heterocycles. The van der Waals surface area contributed by atoms with Crippen LogP contribution in [0.25, 0.3) is 0 Å². The van der Waals surface area contributed by atoms with Crippen molar-refractivity contribution < 1.29 is 5.11 Å². The minimum absolute atomic E-state index is 0.233. The van der Waals surface area contributed by atoms with Gasteiger partial charge in [0.1, 0.15) is 11.6 Å². The maximum Gasteiger partial charge on any atom is 0.148 e. The van der Waals surface area contributed by atoms with Crippen LogP contribution in [0.3, 0.4) is 0 Å². The van der Waals surface area contributed by atoms with Crippen molar-refractivity contribution in [2.45, 2.75) is 20.0 Å². The normalized spacial score (nSPS) is 10.5. The molecule has 0 saturated carbocycles. The number of halogens is 1. The lowest BCUT2D eigenvalue weighted by atomic mass is 10.2. The summed E-state index contributed by atoms with van der Waals surface area (Å²) in [5, 5.41) is 17.7. The highest BCUT2D eigenvalue weighted by molar-refractivity contribution is 6.30. The average molecular weight is 252 g/mol. The summed E-state index contributed by atoms with van der Waals surface area (Å²) in [6, 6.07) is 6.88. The standard InChI is InChI=1S/C12H14ClN3O/c1-2-16-6-5-12(15-16)14-8-9-7-10(13)3-4-11(9)17/h3-7,17H,2,8H2,1H3,(H,14,15). The van der Waals surface area contributed by atoms with E-state index in [9.17, 15) is 5.11 Å². The Labute approximate surface area is 105 Å². The number of aromatic nitrogens is 2. The second kappa shape index (κ2) is 5.10. The maximum absolute atomic E-state index is 9.64. The van der Waals surface area contributed by atoms with E-state index in [1.54, 1.807) is 18.2 Å². The fraction of sp³-hybridized carbons (Fsp3) is 0.250. The van der Waals surface area contributed by atoms with Gasteiger partial charge in [0, 0.05) is 35.9 Å². The van der Waals surface area contributed by atoms with E-state index in [-0.39, 0.29) is 5.75 Å². The molecule has 0 unspecified atom stereocenters. The number of phenols is 1. The number of nitrogens with one attached hydrogen (secondary N) is 1. The maximum atomic E-state index is 9.64. The number of aromatic hydroxyl groups is 1. The van der Waals surface area contributed by atoms with Crippen molar-refractivity contribution in [3.63, 3.8) is 0 Å². The monoisotopic (exact) mass is 251 g/mol. The number of phenolic OH excluding ortho intramolecular Hbond substituents is 1. The van der Waals surface area contributed by atoms with Crippen LogP contribution in [-0.2, 0) is 13.1 Å². The van der Waals surface area contributed by atoms with Gasteiger partial charge in [0.15, 0.2) is 0 Å². The SMILES string of the molecule is CCn1ccc(NCc2cc(Cl)ccc2O)n1. The first-order valence-electron chi connectivity index (χ1n) is 5.43. The van der Waals surface area contributed by atoms with E-state index in [4.69, 9.17) is 11.6 Å². The van der Waals surface area contributed by atoms with Gasteiger partial charge in [0.05, 0.1) is 0 Å². The molecule has 5 heteroatoms. The molecule has 2 rings (SSSR count). The summed E-state index contributed by atoms with van der Waals surface area (Å²) in [6.07, 6.45) is 1.90. The fourth-order valence-electron chi connectivity index (χ4n) is 1.51. The van der Waals surface area contributed by atoms with Crippen LogP contribution in [0.1, 0.15) is 12.5 Å². The Morgan fingerprint density at radius 3 is 2.94 bits per heavy atom. The van der Waals surface area contributed by atoms with Gasteiger partial charge in [0.25, 0.3) is 0 Å². The summed E-state index contributed by atoms with van der Waals surface area (Å²) >= 11 is 5.87. The molecule has 1 aromatic heterocycles. The van der Waals surface area contributed by atoms with Gasteiger partial charge < -0.3 is 10.4 Å². The molecule has 2 aromatic rings. The van der Waals surface area contributed by atoms with Gasteiger partial charge in [-0.1, -0.05) is 11.6 Å². The number of hydrogen-bond donors (Lipinski definition) is 2. The first-order valence-corrected chi connectivity index (χ1v) is 5.81. The third kappa shape index (κ3) is 2.91. The summed E-state index contributed by atoms with van der Waals surface area (Å²) in [5.41, 5.74) is 0.753. The predicted molar refractivity (Wildman–Crippen MR) is 68.3 cm³/mol. The minimum Gasteiger partial charge on any atom is -0.508 e. The molecule has 0 aliphatic carbocycles. The van der Waals surface area contributed by atoms with E-state index in [1.165, 1.54) is 0 Å². The zero-order chi connectivity index (χ0) is 12.3. The summed E-state index contributed by atoms with van der Waals surface area (Å²) in [7, 11) is 0. The topological polar surface area (TPSA) is 50.1 Å². The molecule has 90 valence electrons. The molecule has 2 N–H and O–H groups in total. The van der Waals surface area contributed by atoms with Crippen LogP contribution in [0.4, 0.5) is 5.82 Å². The number of benzene rings is 1. The Morgan fingerprint density at radius 2 is 2.24 bits per heavy atom. The molecule has 17 heavy (non-hydrogen) atoms. The van der Waals surface area contributed by atoms with Crippen molar-refractivity contribution >= 4 is 17.4 Å². The van der Waals surface area contributed by atoms with Crippen molar-refractivity contribution in [2.24, 2.45) is 0 Å². The van der Waals surface area contributed by atoms with Gasteiger partial charge in [-0.3, -0.25) is 4.68 Å². The number of nitrogens with zero attached hydrogens (tertiary/aromatic N) is 2. The molecule has 1 aromatic carbocycles. The van der Waals surface area contributed by atoms with Crippen LogP contribution >= 0.6 is 11.6 Å².